The fraction of sp³-hybridized carbons (Fsp3) is 0.143. The fourth-order valence-electron chi connectivity index (χ4n) is 1.67. The lowest BCUT2D eigenvalue weighted by atomic mass is 10.1. The van der Waals surface area contributed by atoms with Crippen LogP contribution in [0.1, 0.15) is 16.7 Å². The molecule has 0 unspecified atom stereocenters. The van der Waals surface area contributed by atoms with Gasteiger partial charge in [-0.1, -0.05) is 12.1 Å². The molecule has 0 atom stereocenters. The second-order valence-electron chi connectivity index (χ2n) is 4.04. The number of aryl methyl sites for hydroxylation is 1. The Bertz CT molecular complexity index is 619. The van der Waals surface area contributed by atoms with Crippen molar-refractivity contribution in [3.63, 3.8) is 0 Å². The van der Waals surface area contributed by atoms with Gasteiger partial charge in [-0.05, 0) is 30.7 Å². The van der Waals surface area contributed by atoms with Gasteiger partial charge in [-0.25, -0.2) is 10.8 Å². The first-order valence-electron chi connectivity index (χ1n) is 5.78. The Morgan fingerprint density at radius 1 is 1.42 bits per heavy atom. The van der Waals surface area contributed by atoms with E-state index in [4.69, 9.17) is 15.8 Å². The number of nitrogens with two attached hydrogens (primary N) is 1. The van der Waals surface area contributed by atoms with Crippen LogP contribution in [0, 0.1) is 18.3 Å². The normalized spacial score (nSPS) is 9.74. The van der Waals surface area contributed by atoms with Crippen LogP contribution in [0.15, 0.2) is 36.5 Å². The van der Waals surface area contributed by atoms with E-state index >= 15 is 0 Å². The first-order valence-corrected chi connectivity index (χ1v) is 5.78. The number of nitrogens with zero attached hydrogens (tertiary/aromatic N) is 2. The highest BCUT2D eigenvalue weighted by Crippen LogP contribution is 2.21. The summed E-state index contributed by atoms with van der Waals surface area (Å²) in [5.74, 6) is 6.65. The standard InChI is InChI=1S/C14H14N4O/c1-10-4-5-11(8-15)7-13(10)19-9-12-3-2-6-17-14(12)18-16/h2-7H,9,16H2,1H3,(H,17,18). The zero-order chi connectivity index (χ0) is 13.7. The van der Waals surface area contributed by atoms with Crippen molar-refractivity contribution in [1.82, 2.24) is 4.98 Å². The van der Waals surface area contributed by atoms with Gasteiger partial charge < -0.3 is 10.2 Å². The van der Waals surface area contributed by atoms with Crippen LogP contribution in [0.4, 0.5) is 5.82 Å². The number of aromatic nitrogens is 1. The van der Waals surface area contributed by atoms with Gasteiger partial charge in [-0.3, -0.25) is 0 Å². The lowest BCUT2D eigenvalue weighted by molar-refractivity contribution is 0.304. The molecule has 1 heterocycles. The molecule has 0 saturated carbocycles. The first-order chi connectivity index (χ1) is 9.24. The molecular weight excluding hydrogens is 240 g/mol. The Morgan fingerprint density at radius 3 is 3.00 bits per heavy atom. The van der Waals surface area contributed by atoms with Crippen molar-refractivity contribution >= 4 is 5.82 Å². The molecule has 0 aliphatic rings. The summed E-state index contributed by atoms with van der Waals surface area (Å²) in [6, 6.07) is 11.1. The van der Waals surface area contributed by atoms with E-state index in [9.17, 15) is 0 Å². The molecule has 2 rings (SSSR count). The summed E-state index contributed by atoms with van der Waals surface area (Å²) >= 11 is 0. The summed E-state index contributed by atoms with van der Waals surface area (Å²) in [7, 11) is 0. The first kappa shape index (κ1) is 12.9. The SMILES string of the molecule is Cc1ccc(C#N)cc1OCc1cccnc1NN. The van der Waals surface area contributed by atoms with Gasteiger partial charge in [-0.2, -0.15) is 5.26 Å². The Kier molecular flexibility index (Phi) is 3.96. The highest BCUT2D eigenvalue weighted by atomic mass is 16.5. The van der Waals surface area contributed by atoms with Crippen LogP contribution in [0.5, 0.6) is 5.75 Å². The van der Waals surface area contributed by atoms with E-state index in [0.717, 1.165) is 11.1 Å². The van der Waals surface area contributed by atoms with Crippen LogP contribution < -0.4 is 16.0 Å². The van der Waals surface area contributed by atoms with E-state index in [-0.39, 0.29) is 0 Å². The molecule has 0 aliphatic heterocycles. The average molecular weight is 254 g/mol. The molecule has 3 N–H and O–H groups in total. The Hall–Kier alpha value is -2.58. The van der Waals surface area contributed by atoms with Gasteiger partial charge in [0.05, 0.1) is 11.6 Å². The molecule has 0 fully saturated rings. The minimum absolute atomic E-state index is 0.336. The number of pyridine rings is 1. The van der Waals surface area contributed by atoms with E-state index in [0.29, 0.717) is 23.7 Å². The molecular formula is C14H14N4O. The Labute approximate surface area is 111 Å². The zero-order valence-electron chi connectivity index (χ0n) is 10.6. The topological polar surface area (TPSA) is 84.0 Å². The Morgan fingerprint density at radius 2 is 2.26 bits per heavy atom. The number of nitrogen functional groups attached to an aromatic ring is 1. The van der Waals surface area contributed by atoms with Crippen LogP contribution in [-0.4, -0.2) is 4.98 Å². The second-order valence-corrected chi connectivity index (χ2v) is 4.04. The predicted octanol–water partition coefficient (Wildman–Crippen LogP) is 2.13. The maximum absolute atomic E-state index is 8.88. The van der Waals surface area contributed by atoms with Crippen molar-refractivity contribution in [3.05, 3.63) is 53.2 Å². The third-order valence-electron chi connectivity index (χ3n) is 2.73. The van der Waals surface area contributed by atoms with Gasteiger partial charge >= 0.3 is 0 Å². The van der Waals surface area contributed by atoms with Crippen molar-refractivity contribution in [2.45, 2.75) is 13.5 Å². The highest BCUT2D eigenvalue weighted by molar-refractivity contribution is 5.44. The molecule has 0 saturated heterocycles. The number of ether oxygens (including phenoxy) is 1. The van der Waals surface area contributed by atoms with Gasteiger partial charge in [0.25, 0.3) is 0 Å². The monoisotopic (exact) mass is 254 g/mol. The molecule has 96 valence electrons. The highest BCUT2D eigenvalue weighted by Gasteiger charge is 2.05. The zero-order valence-corrected chi connectivity index (χ0v) is 10.6. The maximum atomic E-state index is 8.88. The molecule has 1 aromatic heterocycles. The van der Waals surface area contributed by atoms with Crippen LogP contribution in [-0.2, 0) is 6.61 Å². The average Bonchev–Trinajstić information content (AvgIpc) is 2.46. The number of rotatable bonds is 4. The number of benzene rings is 1. The van der Waals surface area contributed by atoms with Crippen molar-refractivity contribution < 1.29 is 4.74 Å². The quantitative estimate of drug-likeness (QED) is 0.645. The number of nitriles is 1. The van der Waals surface area contributed by atoms with Crippen LogP contribution in [0.3, 0.4) is 0 Å². The molecule has 0 amide bonds. The minimum atomic E-state index is 0.336. The van der Waals surface area contributed by atoms with Gasteiger partial charge in [-0.15, -0.1) is 0 Å². The fourth-order valence-corrected chi connectivity index (χ4v) is 1.67. The molecule has 5 nitrogen and oxygen atoms in total. The molecule has 0 bridgehead atoms. The van der Waals surface area contributed by atoms with Gasteiger partial charge in [0.15, 0.2) is 0 Å². The van der Waals surface area contributed by atoms with Crippen LogP contribution >= 0.6 is 0 Å². The van der Waals surface area contributed by atoms with E-state index in [1.54, 1.807) is 18.3 Å². The van der Waals surface area contributed by atoms with Gasteiger partial charge in [0.1, 0.15) is 18.2 Å². The van der Waals surface area contributed by atoms with Crippen LogP contribution in [0.2, 0.25) is 0 Å². The van der Waals surface area contributed by atoms with Crippen molar-refractivity contribution in [1.29, 1.82) is 5.26 Å². The summed E-state index contributed by atoms with van der Waals surface area (Å²) in [6.07, 6.45) is 1.65. The van der Waals surface area contributed by atoms with Crippen molar-refractivity contribution in [2.75, 3.05) is 5.43 Å². The summed E-state index contributed by atoms with van der Waals surface area (Å²) in [5, 5.41) is 8.88. The van der Waals surface area contributed by atoms with E-state index in [1.165, 1.54) is 0 Å². The summed E-state index contributed by atoms with van der Waals surface area (Å²) < 4.78 is 5.72. The van der Waals surface area contributed by atoms with Crippen LogP contribution in [0.25, 0.3) is 0 Å². The summed E-state index contributed by atoms with van der Waals surface area (Å²) in [6.45, 7) is 2.27. The van der Waals surface area contributed by atoms with Crippen molar-refractivity contribution in [2.24, 2.45) is 5.84 Å². The number of nitrogens with one attached hydrogen (secondary N) is 1. The number of hydrogen-bond acceptors (Lipinski definition) is 5. The third-order valence-corrected chi connectivity index (χ3v) is 2.73. The van der Waals surface area contributed by atoms with Gasteiger partial charge in [0, 0.05) is 11.8 Å². The lowest BCUT2D eigenvalue weighted by Crippen LogP contribution is -2.12. The maximum Gasteiger partial charge on any atom is 0.146 e. The lowest BCUT2D eigenvalue weighted by Gasteiger charge is -2.11. The van der Waals surface area contributed by atoms with E-state index in [1.807, 2.05) is 25.1 Å². The molecule has 0 radical (unpaired) electrons. The minimum Gasteiger partial charge on any atom is -0.488 e. The Balaban J connectivity index is 2.17. The second kappa shape index (κ2) is 5.85. The van der Waals surface area contributed by atoms with E-state index in [2.05, 4.69) is 16.5 Å². The third kappa shape index (κ3) is 3.00. The molecule has 19 heavy (non-hydrogen) atoms. The predicted molar refractivity (Wildman–Crippen MR) is 72.3 cm³/mol. The molecule has 2 aromatic rings. The number of hydrogen-bond donors (Lipinski definition) is 2. The van der Waals surface area contributed by atoms with Crippen molar-refractivity contribution in [3.8, 4) is 11.8 Å². The van der Waals surface area contributed by atoms with Gasteiger partial charge in [0.2, 0.25) is 0 Å². The largest absolute Gasteiger partial charge is 0.488 e. The molecule has 0 aliphatic carbocycles. The number of hydrazine groups is 1. The smallest absolute Gasteiger partial charge is 0.146 e. The summed E-state index contributed by atoms with van der Waals surface area (Å²) in [5.41, 5.74) is 4.93. The summed E-state index contributed by atoms with van der Waals surface area (Å²) in [4.78, 5) is 4.10. The number of anilines is 1. The van der Waals surface area contributed by atoms with E-state index < -0.39 is 0 Å². The molecule has 5 heteroatoms. The molecule has 1 aromatic carbocycles. The molecule has 0 spiro atoms.